The highest BCUT2D eigenvalue weighted by Gasteiger charge is 2.40. The molecule has 1 aliphatic carbocycles. The number of likely N-dealkylation sites (N-methyl/N-ethyl adjacent to an activating group) is 1. The minimum atomic E-state index is -0.489. The lowest BCUT2D eigenvalue weighted by atomic mass is 9.83. The lowest BCUT2D eigenvalue weighted by Crippen LogP contribution is -2.55. The van der Waals surface area contributed by atoms with Gasteiger partial charge in [0.1, 0.15) is 16.8 Å². The van der Waals surface area contributed by atoms with Crippen LogP contribution in [-0.4, -0.2) is 54.5 Å². The van der Waals surface area contributed by atoms with E-state index in [0.29, 0.717) is 6.54 Å². The van der Waals surface area contributed by atoms with E-state index in [9.17, 15) is 9.59 Å². The quantitative estimate of drug-likeness (QED) is 0.409. The molecule has 38 heavy (non-hydrogen) atoms. The summed E-state index contributed by atoms with van der Waals surface area (Å²) < 4.78 is 5.72. The van der Waals surface area contributed by atoms with Gasteiger partial charge in [0.2, 0.25) is 11.8 Å². The van der Waals surface area contributed by atoms with Crippen LogP contribution < -0.4 is 15.4 Å². The third kappa shape index (κ3) is 5.29. The average molecular weight is 535 g/mol. The van der Waals surface area contributed by atoms with Crippen LogP contribution in [0.5, 0.6) is 5.75 Å². The van der Waals surface area contributed by atoms with E-state index < -0.39 is 6.04 Å². The van der Waals surface area contributed by atoms with Gasteiger partial charge in [-0.25, -0.2) is 4.98 Å². The number of hydrogen-bond donors (Lipinski definition) is 2. The van der Waals surface area contributed by atoms with Gasteiger partial charge in [-0.15, -0.1) is 11.3 Å². The second-order valence-corrected chi connectivity index (χ2v) is 11.4. The highest BCUT2D eigenvalue weighted by atomic mass is 32.1. The number of thiazole rings is 1. The SMILES string of the molecule is CN[C@@H](C)C(=O)NC(C(=O)N1CCC[C@H]1c1nc(-c2c(OC)ccc3ccccc23)cs1)C1CCCCC1. The zero-order valence-electron chi connectivity index (χ0n) is 22.5. The first kappa shape index (κ1) is 26.6. The fraction of sp³-hybridized carbons (Fsp3) is 0.500. The maximum Gasteiger partial charge on any atom is 0.246 e. The van der Waals surface area contributed by atoms with Gasteiger partial charge in [0.15, 0.2) is 0 Å². The van der Waals surface area contributed by atoms with E-state index in [1.54, 1.807) is 25.5 Å². The number of rotatable bonds is 8. The standard InChI is InChI=1S/C30H38N4O3S/c1-19(31-2)28(35)33-27(21-11-5-4-6-12-21)30(36)34-17-9-14-24(34)29-32-23(18-38-29)26-22-13-8-7-10-20(22)15-16-25(26)37-3/h7-8,10,13,15-16,18-19,21,24,27,31H,4-6,9,11-12,14,17H2,1-3H3,(H,33,35)/t19-,24-,27?/m0/s1. The van der Waals surface area contributed by atoms with Crippen LogP contribution in [0, 0.1) is 5.92 Å². The summed E-state index contributed by atoms with van der Waals surface area (Å²) in [5, 5.41) is 11.4. The number of ether oxygens (including phenoxy) is 1. The first-order chi connectivity index (χ1) is 18.5. The predicted molar refractivity (Wildman–Crippen MR) is 152 cm³/mol. The van der Waals surface area contributed by atoms with Gasteiger partial charge >= 0.3 is 0 Å². The first-order valence-corrected chi connectivity index (χ1v) is 14.7. The van der Waals surface area contributed by atoms with Gasteiger partial charge in [-0.2, -0.15) is 0 Å². The second-order valence-electron chi connectivity index (χ2n) is 10.5. The topological polar surface area (TPSA) is 83.6 Å². The fourth-order valence-electron chi connectivity index (χ4n) is 5.97. The van der Waals surface area contributed by atoms with E-state index >= 15 is 0 Å². The zero-order valence-corrected chi connectivity index (χ0v) is 23.4. The maximum atomic E-state index is 14.1. The van der Waals surface area contributed by atoms with Crippen molar-refractivity contribution < 1.29 is 14.3 Å². The number of benzene rings is 2. The van der Waals surface area contributed by atoms with Crippen LogP contribution in [0.3, 0.4) is 0 Å². The number of nitrogens with zero attached hydrogens (tertiary/aromatic N) is 2. The molecule has 1 unspecified atom stereocenters. The van der Waals surface area contributed by atoms with Crippen molar-refractivity contribution >= 4 is 33.9 Å². The number of carbonyl (C=O) groups is 2. The Morgan fingerprint density at radius 1 is 1.08 bits per heavy atom. The molecule has 1 aliphatic heterocycles. The molecule has 2 N–H and O–H groups in total. The molecular formula is C30H38N4O3S. The van der Waals surface area contributed by atoms with Gasteiger partial charge in [-0.05, 0) is 62.4 Å². The molecule has 1 aromatic heterocycles. The smallest absolute Gasteiger partial charge is 0.246 e. The molecule has 0 radical (unpaired) electrons. The highest BCUT2D eigenvalue weighted by molar-refractivity contribution is 7.10. The summed E-state index contributed by atoms with van der Waals surface area (Å²) in [6, 6.07) is 11.4. The van der Waals surface area contributed by atoms with E-state index in [-0.39, 0.29) is 29.8 Å². The van der Waals surface area contributed by atoms with Gasteiger partial charge in [0.05, 0.1) is 30.5 Å². The van der Waals surface area contributed by atoms with Crippen LogP contribution in [-0.2, 0) is 9.59 Å². The molecule has 8 heteroatoms. The van der Waals surface area contributed by atoms with E-state index in [1.165, 1.54) is 6.42 Å². The molecule has 0 spiro atoms. The number of fused-ring (bicyclic) bond motifs is 1. The van der Waals surface area contributed by atoms with Crippen LogP contribution in [0.1, 0.15) is 62.9 Å². The van der Waals surface area contributed by atoms with Crippen molar-refractivity contribution in [1.29, 1.82) is 0 Å². The second kappa shape index (κ2) is 11.8. The summed E-state index contributed by atoms with van der Waals surface area (Å²) in [6.07, 6.45) is 7.18. The fourth-order valence-corrected chi connectivity index (χ4v) is 6.92. The Morgan fingerprint density at radius 3 is 2.63 bits per heavy atom. The predicted octanol–water partition coefficient (Wildman–Crippen LogP) is 5.31. The lowest BCUT2D eigenvalue weighted by molar-refractivity contribution is -0.139. The lowest BCUT2D eigenvalue weighted by Gasteiger charge is -2.35. The molecule has 1 saturated heterocycles. The molecule has 2 amide bonds. The van der Waals surface area contributed by atoms with Crippen molar-refractivity contribution in [1.82, 2.24) is 20.5 Å². The number of methoxy groups -OCH3 is 1. The summed E-state index contributed by atoms with van der Waals surface area (Å²) in [5.41, 5.74) is 1.86. The van der Waals surface area contributed by atoms with Crippen LogP contribution >= 0.6 is 11.3 Å². The summed E-state index contributed by atoms with van der Waals surface area (Å²) in [4.78, 5) is 34.0. The Bertz CT molecular complexity index is 1290. The van der Waals surface area contributed by atoms with Gasteiger partial charge in [-0.3, -0.25) is 9.59 Å². The third-order valence-electron chi connectivity index (χ3n) is 8.22. The minimum absolute atomic E-state index is 0.0375. The molecule has 2 fully saturated rings. The number of aromatic nitrogens is 1. The molecule has 202 valence electrons. The van der Waals surface area contributed by atoms with Crippen molar-refractivity contribution in [2.75, 3.05) is 20.7 Å². The van der Waals surface area contributed by atoms with Crippen molar-refractivity contribution in [2.24, 2.45) is 5.92 Å². The maximum absolute atomic E-state index is 14.1. The van der Waals surface area contributed by atoms with Gasteiger partial charge in [-0.1, -0.05) is 49.6 Å². The van der Waals surface area contributed by atoms with Crippen molar-refractivity contribution in [2.45, 2.75) is 70.0 Å². The minimum Gasteiger partial charge on any atom is -0.496 e. The first-order valence-electron chi connectivity index (χ1n) is 13.8. The Balaban J connectivity index is 1.43. The Hall–Kier alpha value is -2.97. The number of hydrogen-bond acceptors (Lipinski definition) is 6. The Kier molecular flexibility index (Phi) is 8.29. The normalized spacial score (nSPS) is 19.9. The van der Waals surface area contributed by atoms with E-state index in [0.717, 1.165) is 71.3 Å². The molecule has 2 aliphatic rings. The van der Waals surface area contributed by atoms with Crippen LogP contribution in [0.25, 0.3) is 22.0 Å². The van der Waals surface area contributed by atoms with Crippen molar-refractivity contribution in [3.63, 3.8) is 0 Å². The summed E-state index contributed by atoms with van der Waals surface area (Å²) in [6.45, 7) is 2.52. The molecule has 1 saturated carbocycles. The number of likely N-dealkylation sites (tertiary alicyclic amines) is 1. The van der Waals surface area contributed by atoms with Crippen LogP contribution in [0.4, 0.5) is 0 Å². The summed E-state index contributed by atoms with van der Waals surface area (Å²) in [5.74, 6) is 0.887. The van der Waals surface area contributed by atoms with Gasteiger partial charge in [0, 0.05) is 11.9 Å². The number of nitrogens with one attached hydrogen (secondary N) is 2. The molecule has 2 heterocycles. The molecular weight excluding hydrogens is 496 g/mol. The zero-order chi connectivity index (χ0) is 26.6. The molecule has 2 aromatic carbocycles. The molecule has 3 atom stereocenters. The van der Waals surface area contributed by atoms with Gasteiger partial charge in [0.25, 0.3) is 0 Å². The van der Waals surface area contributed by atoms with Crippen LogP contribution in [0.2, 0.25) is 0 Å². The number of amides is 2. The summed E-state index contributed by atoms with van der Waals surface area (Å²) in [7, 11) is 3.45. The van der Waals surface area contributed by atoms with Crippen LogP contribution in [0.15, 0.2) is 41.8 Å². The van der Waals surface area contributed by atoms with E-state index in [2.05, 4.69) is 34.2 Å². The van der Waals surface area contributed by atoms with E-state index in [4.69, 9.17) is 9.72 Å². The van der Waals surface area contributed by atoms with E-state index in [1.807, 2.05) is 30.0 Å². The van der Waals surface area contributed by atoms with Crippen molar-refractivity contribution in [3.05, 3.63) is 46.8 Å². The molecule has 0 bridgehead atoms. The van der Waals surface area contributed by atoms with Crippen molar-refractivity contribution in [3.8, 4) is 17.0 Å². The average Bonchev–Trinajstić information content (AvgIpc) is 3.65. The van der Waals surface area contributed by atoms with Gasteiger partial charge < -0.3 is 20.3 Å². The highest BCUT2D eigenvalue weighted by Crippen LogP contribution is 2.41. The Labute approximate surface area is 229 Å². The monoisotopic (exact) mass is 534 g/mol. The molecule has 3 aromatic rings. The number of carbonyl (C=O) groups excluding carboxylic acids is 2. The largest absolute Gasteiger partial charge is 0.496 e. The summed E-state index contributed by atoms with van der Waals surface area (Å²) >= 11 is 1.60. The third-order valence-corrected chi connectivity index (χ3v) is 9.17. The molecule has 5 rings (SSSR count). The molecule has 7 nitrogen and oxygen atoms in total. The Morgan fingerprint density at radius 2 is 1.87 bits per heavy atom.